The third kappa shape index (κ3) is 2.92. The van der Waals surface area contributed by atoms with Gasteiger partial charge >= 0.3 is 0 Å². The van der Waals surface area contributed by atoms with Gasteiger partial charge in [0.25, 0.3) is 0 Å². The van der Waals surface area contributed by atoms with Gasteiger partial charge in [-0.2, -0.15) is 0 Å². The number of aromatic nitrogens is 3. The molecule has 1 aromatic heterocycles. The van der Waals surface area contributed by atoms with Crippen molar-refractivity contribution >= 4 is 15.9 Å². The summed E-state index contributed by atoms with van der Waals surface area (Å²) in [5.41, 5.74) is 3.57. The quantitative estimate of drug-likeness (QED) is 0.806. The highest BCUT2D eigenvalue weighted by atomic mass is 79.9. The fraction of sp³-hybridized carbons (Fsp3) is 0.333. The first kappa shape index (κ1) is 11.3. The first-order valence-corrected chi connectivity index (χ1v) is 6.40. The van der Waals surface area contributed by atoms with Gasteiger partial charge in [-0.25, -0.2) is 4.68 Å². The van der Waals surface area contributed by atoms with Gasteiger partial charge in [-0.1, -0.05) is 51.0 Å². The Morgan fingerprint density at radius 3 is 3.00 bits per heavy atom. The maximum absolute atomic E-state index is 4.11. The zero-order chi connectivity index (χ0) is 11.4. The standard InChI is InChI=1S/C12H14BrN3/c1-10-3-2-4-11(7-10)8-16-9-12(5-6-13)14-15-16/h2-4,7,9H,5-6,8H2,1H3. The van der Waals surface area contributed by atoms with E-state index in [0.717, 1.165) is 24.0 Å². The van der Waals surface area contributed by atoms with Crippen molar-refractivity contribution in [1.29, 1.82) is 0 Å². The van der Waals surface area contributed by atoms with E-state index in [9.17, 15) is 0 Å². The van der Waals surface area contributed by atoms with E-state index in [1.165, 1.54) is 11.1 Å². The normalized spacial score (nSPS) is 10.6. The molecule has 0 aliphatic carbocycles. The number of aryl methyl sites for hydroxylation is 2. The van der Waals surface area contributed by atoms with Gasteiger partial charge < -0.3 is 0 Å². The molecule has 0 saturated carbocycles. The highest BCUT2D eigenvalue weighted by molar-refractivity contribution is 9.09. The number of alkyl halides is 1. The van der Waals surface area contributed by atoms with E-state index >= 15 is 0 Å². The third-order valence-electron chi connectivity index (χ3n) is 2.36. The van der Waals surface area contributed by atoms with Crippen LogP contribution in [0.2, 0.25) is 0 Å². The van der Waals surface area contributed by atoms with Gasteiger partial charge in [0, 0.05) is 17.9 Å². The minimum atomic E-state index is 0.789. The van der Waals surface area contributed by atoms with Crippen LogP contribution in [0.3, 0.4) is 0 Å². The molecular formula is C12H14BrN3. The monoisotopic (exact) mass is 279 g/mol. The van der Waals surface area contributed by atoms with Gasteiger partial charge in [0.1, 0.15) is 0 Å². The first-order valence-electron chi connectivity index (χ1n) is 5.28. The SMILES string of the molecule is Cc1cccc(Cn2cc(CCBr)nn2)c1. The summed E-state index contributed by atoms with van der Waals surface area (Å²) in [5.74, 6) is 0. The van der Waals surface area contributed by atoms with Crippen LogP contribution < -0.4 is 0 Å². The van der Waals surface area contributed by atoms with Crippen LogP contribution in [0.1, 0.15) is 16.8 Å². The lowest BCUT2D eigenvalue weighted by Gasteiger charge is -2.01. The average molecular weight is 280 g/mol. The molecule has 0 atom stereocenters. The Balaban J connectivity index is 2.08. The van der Waals surface area contributed by atoms with Gasteiger partial charge in [-0.05, 0) is 12.5 Å². The molecular weight excluding hydrogens is 266 g/mol. The molecule has 3 nitrogen and oxygen atoms in total. The van der Waals surface area contributed by atoms with Crippen molar-refractivity contribution in [2.75, 3.05) is 5.33 Å². The van der Waals surface area contributed by atoms with Crippen molar-refractivity contribution < 1.29 is 0 Å². The lowest BCUT2D eigenvalue weighted by molar-refractivity contribution is 0.649. The van der Waals surface area contributed by atoms with Crippen LogP contribution in [0.5, 0.6) is 0 Å². The van der Waals surface area contributed by atoms with Crippen LogP contribution in [-0.4, -0.2) is 20.3 Å². The van der Waals surface area contributed by atoms with Gasteiger partial charge in [0.15, 0.2) is 0 Å². The van der Waals surface area contributed by atoms with Crippen LogP contribution in [-0.2, 0) is 13.0 Å². The van der Waals surface area contributed by atoms with Crippen LogP contribution in [0.15, 0.2) is 30.5 Å². The Bertz CT molecular complexity index is 465. The summed E-state index contributed by atoms with van der Waals surface area (Å²) in [6, 6.07) is 8.45. The summed E-state index contributed by atoms with van der Waals surface area (Å²) in [6.45, 7) is 2.89. The van der Waals surface area contributed by atoms with Crippen LogP contribution in [0.4, 0.5) is 0 Å². The molecule has 0 fully saturated rings. The summed E-state index contributed by atoms with van der Waals surface area (Å²) < 4.78 is 1.88. The Labute approximate surface area is 104 Å². The number of rotatable bonds is 4. The number of nitrogens with zero attached hydrogens (tertiary/aromatic N) is 3. The number of hydrogen-bond acceptors (Lipinski definition) is 2. The van der Waals surface area contributed by atoms with Crippen molar-refractivity contribution in [1.82, 2.24) is 15.0 Å². The third-order valence-corrected chi connectivity index (χ3v) is 2.76. The maximum atomic E-state index is 4.11. The molecule has 0 amide bonds. The average Bonchev–Trinajstić information content (AvgIpc) is 2.66. The van der Waals surface area contributed by atoms with E-state index in [1.54, 1.807) is 0 Å². The number of halogens is 1. The summed E-state index contributed by atoms with van der Waals surface area (Å²) in [7, 11) is 0. The second-order valence-electron chi connectivity index (χ2n) is 3.84. The Hall–Kier alpha value is -1.16. The second-order valence-corrected chi connectivity index (χ2v) is 4.63. The van der Waals surface area contributed by atoms with Crippen molar-refractivity contribution in [3.05, 3.63) is 47.3 Å². The maximum Gasteiger partial charge on any atom is 0.0835 e. The molecule has 4 heteroatoms. The van der Waals surface area contributed by atoms with Crippen LogP contribution in [0.25, 0.3) is 0 Å². The molecule has 0 aliphatic rings. The van der Waals surface area contributed by atoms with Crippen molar-refractivity contribution in [3.8, 4) is 0 Å². The fourth-order valence-electron chi connectivity index (χ4n) is 1.62. The Morgan fingerprint density at radius 1 is 1.38 bits per heavy atom. The summed E-state index contributed by atoms with van der Waals surface area (Å²) in [6.07, 6.45) is 2.93. The smallest absolute Gasteiger partial charge is 0.0835 e. The van der Waals surface area contributed by atoms with E-state index in [4.69, 9.17) is 0 Å². The Kier molecular flexibility index (Phi) is 3.72. The Morgan fingerprint density at radius 2 is 2.25 bits per heavy atom. The van der Waals surface area contributed by atoms with Gasteiger partial charge in [-0.3, -0.25) is 0 Å². The molecule has 0 saturated heterocycles. The second kappa shape index (κ2) is 5.25. The van der Waals surface area contributed by atoms with E-state index in [-0.39, 0.29) is 0 Å². The molecule has 84 valence electrons. The predicted octanol–water partition coefficient (Wildman–Crippen LogP) is 2.57. The van der Waals surface area contributed by atoms with Crippen molar-refractivity contribution in [3.63, 3.8) is 0 Å². The lowest BCUT2D eigenvalue weighted by Crippen LogP contribution is -2.00. The predicted molar refractivity (Wildman–Crippen MR) is 67.8 cm³/mol. The molecule has 0 unspecified atom stereocenters. The highest BCUT2D eigenvalue weighted by Crippen LogP contribution is 2.06. The van der Waals surface area contributed by atoms with E-state index in [2.05, 4.69) is 57.4 Å². The molecule has 0 spiro atoms. The molecule has 2 rings (SSSR count). The van der Waals surface area contributed by atoms with E-state index in [0.29, 0.717) is 0 Å². The molecule has 16 heavy (non-hydrogen) atoms. The largest absolute Gasteiger partial charge is 0.248 e. The molecule has 1 heterocycles. The minimum absolute atomic E-state index is 0.789. The molecule has 0 N–H and O–H groups in total. The summed E-state index contributed by atoms with van der Waals surface area (Å²) in [5, 5.41) is 9.14. The van der Waals surface area contributed by atoms with E-state index in [1.807, 2.05) is 10.9 Å². The number of benzene rings is 1. The topological polar surface area (TPSA) is 30.7 Å². The number of hydrogen-bond donors (Lipinski definition) is 0. The van der Waals surface area contributed by atoms with Gasteiger partial charge in [0.2, 0.25) is 0 Å². The van der Waals surface area contributed by atoms with Crippen LogP contribution >= 0.6 is 15.9 Å². The highest BCUT2D eigenvalue weighted by Gasteiger charge is 2.00. The van der Waals surface area contributed by atoms with Crippen molar-refractivity contribution in [2.24, 2.45) is 0 Å². The molecule has 2 aromatic rings. The fourth-order valence-corrected chi connectivity index (χ4v) is 2.03. The molecule has 1 aromatic carbocycles. The zero-order valence-corrected chi connectivity index (χ0v) is 10.8. The lowest BCUT2D eigenvalue weighted by atomic mass is 10.1. The van der Waals surface area contributed by atoms with E-state index < -0.39 is 0 Å². The summed E-state index contributed by atoms with van der Waals surface area (Å²) in [4.78, 5) is 0. The summed E-state index contributed by atoms with van der Waals surface area (Å²) >= 11 is 3.39. The van der Waals surface area contributed by atoms with Gasteiger partial charge in [0.05, 0.1) is 12.2 Å². The minimum Gasteiger partial charge on any atom is -0.248 e. The first-order chi connectivity index (χ1) is 7.78. The van der Waals surface area contributed by atoms with Gasteiger partial charge in [-0.15, -0.1) is 5.10 Å². The van der Waals surface area contributed by atoms with Crippen LogP contribution in [0, 0.1) is 6.92 Å². The zero-order valence-electron chi connectivity index (χ0n) is 9.23. The van der Waals surface area contributed by atoms with Crippen molar-refractivity contribution in [2.45, 2.75) is 19.9 Å². The molecule has 0 bridgehead atoms. The molecule has 0 radical (unpaired) electrons. The molecule has 0 aliphatic heterocycles.